The van der Waals surface area contributed by atoms with Gasteiger partial charge < -0.3 is 20.9 Å². The fourth-order valence-corrected chi connectivity index (χ4v) is 1.62. The fraction of sp³-hybridized carbons (Fsp3) is 0. The van der Waals surface area contributed by atoms with Gasteiger partial charge in [0.25, 0.3) is 0 Å². The van der Waals surface area contributed by atoms with Gasteiger partial charge in [0.1, 0.15) is 11.5 Å². The summed E-state index contributed by atoms with van der Waals surface area (Å²) in [5.41, 5.74) is 11.8. The standard InChI is InChI=1S/C13H10Cl2N2O3/c14-9-3-1-7(5-11(9)16)19-13(18)20-8-2-4-10(15)12(17)6-8/h1-6H,16-17H2. The minimum Gasteiger partial charge on any atom is -0.397 e. The molecular formula is C13H10Cl2N2O3. The highest BCUT2D eigenvalue weighted by Gasteiger charge is 2.10. The number of rotatable bonds is 2. The maximum atomic E-state index is 11.6. The van der Waals surface area contributed by atoms with Crippen molar-refractivity contribution >= 4 is 40.7 Å². The van der Waals surface area contributed by atoms with Gasteiger partial charge in [0, 0.05) is 12.1 Å². The number of nitrogen functional groups attached to an aromatic ring is 2. The second-order valence-corrected chi connectivity index (χ2v) is 4.64. The molecule has 0 atom stereocenters. The van der Waals surface area contributed by atoms with Gasteiger partial charge in [-0.15, -0.1) is 0 Å². The number of carbonyl (C=O) groups excluding carboxylic acids is 1. The third-order valence-electron chi connectivity index (χ3n) is 2.34. The van der Waals surface area contributed by atoms with Gasteiger partial charge in [-0.25, -0.2) is 4.79 Å². The average molecular weight is 313 g/mol. The zero-order chi connectivity index (χ0) is 14.7. The summed E-state index contributed by atoms with van der Waals surface area (Å²) in [7, 11) is 0. The number of benzene rings is 2. The first-order chi connectivity index (χ1) is 9.45. The van der Waals surface area contributed by atoms with Crippen molar-refractivity contribution in [2.75, 3.05) is 11.5 Å². The lowest BCUT2D eigenvalue weighted by molar-refractivity contribution is 0.152. The van der Waals surface area contributed by atoms with E-state index in [4.69, 9.17) is 44.1 Å². The van der Waals surface area contributed by atoms with Gasteiger partial charge in [0.05, 0.1) is 21.4 Å². The van der Waals surface area contributed by atoms with Crippen LogP contribution in [0.4, 0.5) is 16.2 Å². The number of hydrogen-bond acceptors (Lipinski definition) is 5. The summed E-state index contributed by atoms with van der Waals surface area (Å²) in [6.07, 6.45) is -0.923. The van der Waals surface area contributed by atoms with Crippen molar-refractivity contribution < 1.29 is 14.3 Å². The van der Waals surface area contributed by atoms with E-state index in [0.717, 1.165) is 0 Å². The molecule has 5 nitrogen and oxygen atoms in total. The molecule has 7 heteroatoms. The molecule has 0 radical (unpaired) electrons. The molecule has 4 N–H and O–H groups in total. The van der Waals surface area contributed by atoms with Gasteiger partial charge in [-0.1, -0.05) is 23.2 Å². The van der Waals surface area contributed by atoms with Crippen molar-refractivity contribution in [3.63, 3.8) is 0 Å². The maximum Gasteiger partial charge on any atom is 0.519 e. The summed E-state index contributed by atoms with van der Waals surface area (Å²) in [4.78, 5) is 11.6. The second-order valence-electron chi connectivity index (χ2n) is 3.82. The van der Waals surface area contributed by atoms with Gasteiger partial charge in [-0.2, -0.15) is 0 Å². The van der Waals surface area contributed by atoms with Crippen LogP contribution in [0.25, 0.3) is 0 Å². The van der Waals surface area contributed by atoms with E-state index in [1.165, 1.54) is 36.4 Å². The van der Waals surface area contributed by atoms with Gasteiger partial charge in [-0.05, 0) is 24.3 Å². The molecule has 0 aliphatic heterocycles. The van der Waals surface area contributed by atoms with Crippen LogP contribution in [0.2, 0.25) is 10.0 Å². The van der Waals surface area contributed by atoms with E-state index in [1.807, 2.05) is 0 Å². The molecule has 0 saturated carbocycles. The molecule has 0 aliphatic rings. The normalized spacial score (nSPS) is 10.1. The van der Waals surface area contributed by atoms with Crippen LogP contribution in [-0.4, -0.2) is 6.16 Å². The van der Waals surface area contributed by atoms with Crippen LogP contribution < -0.4 is 20.9 Å². The smallest absolute Gasteiger partial charge is 0.397 e. The van der Waals surface area contributed by atoms with Crippen molar-refractivity contribution in [3.8, 4) is 11.5 Å². The summed E-state index contributed by atoms with van der Waals surface area (Å²) >= 11 is 11.5. The first-order valence-electron chi connectivity index (χ1n) is 5.45. The van der Waals surface area contributed by atoms with Gasteiger partial charge in [-0.3, -0.25) is 0 Å². The van der Waals surface area contributed by atoms with E-state index in [9.17, 15) is 4.79 Å². The van der Waals surface area contributed by atoms with Crippen LogP contribution in [0.5, 0.6) is 11.5 Å². The van der Waals surface area contributed by atoms with E-state index in [-0.39, 0.29) is 11.5 Å². The SMILES string of the molecule is Nc1cc(OC(=O)Oc2ccc(Cl)c(N)c2)ccc1Cl. The van der Waals surface area contributed by atoms with Crippen LogP contribution in [0.3, 0.4) is 0 Å². The Kier molecular flexibility index (Phi) is 4.22. The summed E-state index contributed by atoms with van der Waals surface area (Å²) in [6, 6.07) is 8.85. The molecule has 0 bridgehead atoms. The predicted octanol–water partition coefficient (Wildman–Crippen LogP) is 3.74. The molecule has 0 fully saturated rings. The molecule has 0 aliphatic carbocycles. The molecule has 0 amide bonds. The minimum atomic E-state index is -0.923. The summed E-state index contributed by atoms with van der Waals surface area (Å²) < 4.78 is 9.90. The van der Waals surface area contributed by atoms with Gasteiger partial charge in [0.15, 0.2) is 0 Å². The van der Waals surface area contributed by atoms with Crippen molar-refractivity contribution in [2.24, 2.45) is 0 Å². The number of carbonyl (C=O) groups is 1. The van der Waals surface area contributed by atoms with Crippen LogP contribution in [-0.2, 0) is 0 Å². The maximum absolute atomic E-state index is 11.6. The van der Waals surface area contributed by atoms with E-state index in [0.29, 0.717) is 21.4 Å². The largest absolute Gasteiger partial charge is 0.519 e. The Bertz CT molecular complexity index is 607. The Labute approximate surface area is 125 Å². The molecule has 0 saturated heterocycles. The molecule has 20 heavy (non-hydrogen) atoms. The van der Waals surface area contributed by atoms with Crippen molar-refractivity contribution in [1.29, 1.82) is 0 Å². The highest BCUT2D eigenvalue weighted by Crippen LogP contribution is 2.26. The van der Waals surface area contributed by atoms with Crippen LogP contribution in [0, 0.1) is 0 Å². The van der Waals surface area contributed by atoms with Crippen LogP contribution in [0.15, 0.2) is 36.4 Å². The van der Waals surface area contributed by atoms with E-state index >= 15 is 0 Å². The Balaban J connectivity index is 2.04. The lowest BCUT2D eigenvalue weighted by Crippen LogP contribution is -2.14. The van der Waals surface area contributed by atoms with Crippen LogP contribution >= 0.6 is 23.2 Å². The van der Waals surface area contributed by atoms with Crippen molar-refractivity contribution in [2.45, 2.75) is 0 Å². The average Bonchev–Trinajstić information content (AvgIpc) is 2.38. The monoisotopic (exact) mass is 312 g/mol. The molecule has 0 aromatic heterocycles. The van der Waals surface area contributed by atoms with Gasteiger partial charge >= 0.3 is 6.16 Å². The number of nitrogens with two attached hydrogens (primary N) is 2. The zero-order valence-electron chi connectivity index (χ0n) is 10.1. The molecule has 0 unspecified atom stereocenters. The lowest BCUT2D eigenvalue weighted by Gasteiger charge is -2.07. The quantitative estimate of drug-likeness (QED) is 0.501. The molecule has 2 aromatic carbocycles. The van der Waals surface area contributed by atoms with E-state index < -0.39 is 6.16 Å². The topological polar surface area (TPSA) is 87.6 Å². The van der Waals surface area contributed by atoms with Crippen molar-refractivity contribution in [1.82, 2.24) is 0 Å². The first kappa shape index (κ1) is 14.3. The highest BCUT2D eigenvalue weighted by molar-refractivity contribution is 6.33. The first-order valence-corrected chi connectivity index (χ1v) is 6.21. The predicted molar refractivity (Wildman–Crippen MR) is 78.4 cm³/mol. The zero-order valence-corrected chi connectivity index (χ0v) is 11.6. The number of hydrogen-bond donors (Lipinski definition) is 2. The minimum absolute atomic E-state index is 0.221. The second kappa shape index (κ2) is 5.90. The summed E-state index contributed by atoms with van der Waals surface area (Å²) in [5.74, 6) is 0.442. The Hall–Kier alpha value is -2.11. The number of ether oxygens (including phenoxy) is 2. The Morgan fingerprint density at radius 3 is 1.60 bits per heavy atom. The van der Waals surface area contributed by atoms with E-state index in [2.05, 4.69) is 0 Å². The third kappa shape index (κ3) is 3.46. The van der Waals surface area contributed by atoms with Gasteiger partial charge in [0.2, 0.25) is 0 Å². The third-order valence-corrected chi connectivity index (χ3v) is 3.03. The molecule has 0 heterocycles. The molecule has 0 spiro atoms. The number of anilines is 2. The Morgan fingerprint density at radius 1 is 0.850 bits per heavy atom. The lowest BCUT2D eigenvalue weighted by atomic mass is 10.3. The van der Waals surface area contributed by atoms with Crippen molar-refractivity contribution in [3.05, 3.63) is 46.4 Å². The molecule has 2 rings (SSSR count). The van der Waals surface area contributed by atoms with E-state index in [1.54, 1.807) is 0 Å². The Morgan fingerprint density at radius 2 is 1.25 bits per heavy atom. The highest BCUT2D eigenvalue weighted by atomic mass is 35.5. The van der Waals surface area contributed by atoms with Crippen LogP contribution in [0.1, 0.15) is 0 Å². The molecule has 104 valence electrons. The molecule has 2 aromatic rings. The number of halogens is 2. The fourth-order valence-electron chi connectivity index (χ4n) is 1.38. The molecular weight excluding hydrogens is 303 g/mol. The summed E-state index contributed by atoms with van der Waals surface area (Å²) in [6.45, 7) is 0. The summed E-state index contributed by atoms with van der Waals surface area (Å²) in [5, 5.41) is 0.743.